The second-order valence-corrected chi connectivity index (χ2v) is 4.59. The van der Waals surface area contributed by atoms with Gasteiger partial charge in [0.2, 0.25) is 0 Å². The van der Waals surface area contributed by atoms with Gasteiger partial charge in [0.1, 0.15) is 0 Å². The summed E-state index contributed by atoms with van der Waals surface area (Å²) in [7, 11) is 0. The van der Waals surface area contributed by atoms with Crippen molar-refractivity contribution in [2.24, 2.45) is 0 Å². The molecule has 0 amide bonds. The Morgan fingerprint density at radius 3 is 2.12 bits per heavy atom. The van der Waals surface area contributed by atoms with Crippen molar-refractivity contribution in [1.82, 2.24) is 0 Å². The minimum Gasteiger partial charge on any atom is -0.0622 e. The summed E-state index contributed by atoms with van der Waals surface area (Å²) in [6, 6.07) is 17.3. The lowest BCUT2D eigenvalue weighted by atomic mass is 9.93. The predicted molar refractivity (Wildman–Crippen MR) is 70.7 cm³/mol. The molecule has 0 aromatic heterocycles. The Balaban J connectivity index is 2.48. The average molecular weight is 210 g/mol. The molecule has 2 aromatic rings. The lowest BCUT2D eigenvalue weighted by molar-refractivity contribution is 0.857. The maximum Gasteiger partial charge on any atom is -0.0181 e. The molecule has 0 atom stereocenters. The van der Waals surface area contributed by atoms with E-state index >= 15 is 0 Å². The molecule has 0 heteroatoms. The fourth-order valence-corrected chi connectivity index (χ4v) is 2.07. The molecule has 0 aliphatic heterocycles. The molecular weight excluding hydrogens is 192 g/mol. The van der Waals surface area contributed by atoms with Crippen LogP contribution in [0, 0.1) is 6.92 Å². The second kappa shape index (κ2) is 4.52. The summed E-state index contributed by atoms with van der Waals surface area (Å²) in [4.78, 5) is 0. The van der Waals surface area contributed by atoms with E-state index in [1.54, 1.807) is 0 Å². The first-order chi connectivity index (χ1) is 7.68. The van der Waals surface area contributed by atoms with E-state index in [0.29, 0.717) is 5.92 Å². The number of hydrogen-bond donors (Lipinski definition) is 0. The van der Waals surface area contributed by atoms with E-state index in [0.717, 1.165) is 0 Å². The third-order valence-electron chi connectivity index (χ3n) is 3.01. The van der Waals surface area contributed by atoms with Crippen molar-refractivity contribution in [1.29, 1.82) is 0 Å². The van der Waals surface area contributed by atoms with Gasteiger partial charge in [-0.15, -0.1) is 0 Å². The largest absolute Gasteiger partial charge is 0.0622 e. The maximum atomic E-state index is 2.31. The molecule has 0 heterocycles. The summed E-state index contributed by atoms with van der Waals surface area (Å²) < 4.78 is 0. The predicted octanol–water partition coefficient (Wildman–Crippen LogP) is 4.79. The topological polar surface area (TPSA) is 0 Å². The molecule has 0 spiro atoms. The molecule has 0 radical (unpaired) electrons. The average Bonchev–Trinajstić information content (AvgIpc) is 2.30. The molecule has 0 aliphatic carbocycles. The van der Waals surface area contributed by atoms with Crippen LogP contribution in [-0.2, 0) is 0 Å². The van der Waals surface area contributed by atoms with E-state index < -0.39 is 0 Å². The summed E-state index contributed by atoms with van der Waals surface area (Å²) in [5, 5.41) is 0. The molecular formula is C16H18. The minimum absolute atomic E-state index is 0.587. The van der Waals surface area contributed by atoms with Crippen LogP contribution in [0.5, 0.6) is 0 Å². The van der Waals surface area contributed by atoms with Crippen molar-refractivity contribution in [2.45, 2.75) is 26.7 Å². The zero-order chi connectivity index (χ0) is 11.5. The van der Waals surface area contributed by atoms with Crippen molar-refractivity contribution in [3.8, 4) is 11.1 Å². The molecule has 0 nitrogen and oxygen atoms in total. The smallest absolute Gasteiger partial charge is 0.0181 e. The van der Waals surface area contributed by atoms with Crippen LogP contribution >= 0.6 is 0 Å². The van der Waals surface area contributed by atoms with Gasteiger partial charge in [0.25, 0.3) is 0 Å². The summed E-state index contributed by atoms with van der Waals surface area (Å²) in [6.07, 6.45) is 0. The van der Waals surface area contributed by atoms with E-state index in [1.165, 1.54) is 22.3 Å². The second-order valence-electron chi connectivity index (χ2n) is 4.59. The highest BCUT2D eigenvalue weighted by Gasteiger charge is 2.05. The van der Waals surface area contributed by atoms with Crippen LogP contribution in [0.2, 0.25) is 0 Å². The zero-order valence-electron chi connectivity index (χ0n) is 10.2. The van der Waals surface area contributed by atoms with Crippen molar-refractivity contribution >= 4 is 0 Å². The number of hydrogen-bond acceptors (Lipinski definition) is 0. The zero-order valence-corrected chi connectivity index (χ0v) is 10.2. The first-order valence-corrected chi connectivity index (χ1v) is 5.84. The van der Waals surface area contributed by atoms with E-state index in [4.69, 9.17) is 0 Å². The summed E-state index contributed by atoms with van der Waals surface area (Å²) >= 11 is 0. The highest BCUT2D eigenvalue weighted by Crippen LogP contribution is 2.26. The van der Waals surface area contributed by atoms with Gasteiger partial charge in [0.05, 0.1) is 0 Å². The molecule has 2 rings (SSSR count). The van der Waals surface area contributed by atoms with Crippen molar-refractivity contribution < 1.29 is 0 Å². The van der Waals surface area contributed by atoms with Crippen molar-refractivity contribution in [3.05, 3.63) is 59.7 Å². The van der Waals surface area contributed by atoms with Gasteiger partial charge < -0.3 is 0 Å². The Labute approximate surface area is 97.9 Å². The van der Waals surface area contributed by atoms with Gasteiger partial charge in [-0.3, -0.25) is 0 Å². The van der Waals surface area contributed by atoms with Crippen LogP contribution in [0.25, 0.3) is 11.1 Å². The van der Waals surface area contributed by atoms with Crippen LogP contribution in [0.15, 0.2) is 48.5 Å². The van der Waals surface area contributed by atoms with Gasteiger partial charge in [-0.2, -0.15) is 0 Å². The normalized spacial score (nSPS) is 10.8. The highest BCUT2D eigenvalue weighted by molar-refractivity contribution is 5.65. The monoisotopic (exact) mass is 210 g/mol. The third-order valence-corrected chi connectivity index (χ3v) is 3.01. The Bertz CT molecular complexity index is 467. The third kappa shape index (κ3) is 2.16. The molecule has 2 aromatic carbocycles. The van der Waals surface area contributed by atoms with Crippen LogP contribution in [-0.4, -0.2) is 0 Å². The van der Waals surface area contributed by atoms with Gasteiger partial charge in [0.15, 0.2) is 0 Å². The molecule has 82 valence electrons. The Morgan fingerprint density at radius 2 is 1.50 bits per heavy atom. The summed E-state index contributed by atoms with van der Waals surface area (Å²) in [5.74, 6) is 0.587. The molecule has 0 N–H and O–H groups in total. The van der Waals surface area contributed by atoms with Gasteiger partial charge in [0, 0.05) is 0 Å². The van der Waals surface area contributed by atoms with E-state index in [-0.39, 0.29) is 0 Å². The standard InChI is InChI=1S/C16H18/c1-12(2)16-11-15(10-9-13(16)3)14-7-5-4-6-8-14/h4-12H,1-3H3. The molecule has 0 fully saturated rings. The van der Waals surface area contributed by atoms with Crippen LogP contribution in [0.4, 0.5) is 0 Å². The van der Waals surface area contributed by atoms with Gasteiger partial charge >= 0.3 is 0 Å². The van der Waals surface area contributed by atoms with E-state index in [1.807, 2.05) is 0 Å². The first-order valence-electron chi connectivity index (χ1n) is 5.84. The number of aryl methyl sites for hydroxylation is 1. The molecule has 16 heavy (non-hydrogen) atoms. The number of rotatable bonds is 2. The molecule has 0 saturated carbocycles. The first kappa shape index (κ1) is 10.9. The quantitative estimate of drug-likeness (QED) is 0.668. The van der Waals surface area contributed by atoms with Gasteiger partial charge in [-0.1, -0.05) is 62.4 Å². The van der Waals surface area contributed by atoms with Crippen LogP contribution < -0.4 is 0 Å². The lowest BCUT2D eigenvalue weighted by Crippen LogP contribution is -1.92. The molecule has 0 unspecified atom stereocenters. The minimum atomic E-state index is 0.587. The molecule has 0 bridgehead atoms. The van der Waals surface area contributed by atoms with Gasteiger partial charge in [-0.05, 0) is 35.1 Å². The van der Waals surface area contributed by atoms with Gasteiger partial charge in [-0.25, -0.2) is 0 Å². The fourth-order valence-electron chi connectivity index (χ4n) is 2.07. The van der Waals surface area contributed by atoms with Crippen LogP contribution in [0.1, 0.15) is 30.9 Å². The summed E-state index contributed by atoms with van der Waals surface area (Å²) in [6.45, 7) is 6.68. The highest BCUT2D eigenvalue weighted by atomic mass is 14.1. The van der Waals surface area contributed by atoms with Crippen molar-refractivity contribution in [3.63, 3.8) is 0 Å². The lowest BCUT2D eigenvalue weighted by Gasteiger charge is -2.12. The van der Waals surface area contributed by atoms with E-state index in [9.17, 15) is 0 Å². The summed E-state index contributed by atoms with van der Waals surface area (Å²) in [5.41, 5.74) is 5.44. The van der Waals surface area contributed by atoms with Crippen molar-refractivity contribution in [2.75, 3.05) is 0 Å². The SMILES string of the molecule is Cc1ccc(-c2ccccc2)cc1C(C)C. The molecule has 0 aliphatic rings. The van der Waals surface area contributed by atoms with E-state index in [2.05, 4.69) is 69.3 Å². The Kier molecular flexibility index (Phi) is 3.09. The maximum absolute atomic E-state index is 2.31. The van der Waals surface area contributed by atoms with Crippen LogP contribution in [0.3, 0.4) is 0 Å². The Morgan fingerprint density at radius 1 is 0.812 bits per heavy atom. The Hall–Kier alpha value is -1.56. The number of benzene rings is 2. The fraction of sp³-hybridized carbons (Fsp3) is 0.250. The molecule has 0 saturated heterocycles.